The number of para-hydroxylation sites is 1. The third kappa shape index (κ3) is 2.88. The second kappa shape index (κ2) is 6.67. The highest BCUT2D eigenvalue weighted by atomic mass is 16.5. The van der Waals surface area contributed by atoms with Crippen LogP contribution in [0.1, 0.15) is 5.56 Å². The first kappa shape index (κ1) is 15.8. The zero-order valence-electron chi connectivity index (χ0n) is 14.1. The number of aromatic nitrogens is 5. The maximum atomic E-state index is 6.07. The highest BCUT2D eigenvalue weighted by molar-refractivity contribution is 5.84. The van der Waals surface area contributed by atoms with Crippen molar-refractivity contribution in [3.8, 4) is 17.0 Å². The maximum absolute atomic E-state index is 6.07. The number of rotatable bonds is 5. The quantitative estimate of drug-likeness (QED) is 0.571. The summed E-state index contributed by atoms with van der Waals surface area (Å²) >= 11 is 0. The third-order valence-corrected chi connectivity index (χ3v) is 4.00. The standard InChI is InChI=1S/C18H17N7O/c1-26-14-6-3-2-5-12(14)10-21-15-9-13(22-11-23-15)16-17(19)24-25-8-4-7-20-18(16)25/h2-9,11H,10H2,1H3,(H2,19,24)(H,21,22,23). The number of nitrogens with one attached hydrogen (secondary N) is 1. The molecule has 3 heterocycles. The summed E-state index contributed by atoms with van der Waals surface area (Å²) in [6.45, 7) is 0.572. The average Bonchev–Trinajstić information content (AvgIpc) is 3.02. The molecule has 8 heteroatoms. The fourth-order valence-electron chi connectivity index (χ4n) is 2.78. The van der Waals surface area contributed by atoms with Crippen molar-refractivity contribution < 1.29 is 4.74 Å². The van der Waals surface area contributed by atoms with Gasteiger partial charge < -0.3 is 15.8 Å². The van der Waals surface area contributed by atoms with Crippen molar-refractivity contribution in [1.29, 1.82) is 0 Å². The summed E-state index contributed by atoms with van der Waals surface area (Å²) in [5.41, 5.74) is 9.10. The Hall–Kier alpha value is -3.68. The minimum absolute atomic E-state index is 0.373. The lowest BCUT2D eigenvalue weighted by Gasteiger charge is -2.10. The Bertz CT molecular complexity index is 1060. The second-order valence-corrected chi connectivity index (χ2v) is 5.60. The van der Waals surface area contributed by atoms with Crippen LogP contribution < -0.4 is 15.8 Å². The summed E-state index contributed by atoms with van der Waals surface area (Å²) in [6.07, 6.45) is 4.98. The van der Waals surface area contributed by atoms with Crippen LogP contribution >= 0.6 is 0 Å². The van der Waals surface area contributed by atoms with E-state index < -0.39 is 0 Å². The molecule has 3 aromatic heterocycles. The van der Waals surface area contributed by atoms with Gasteiger partial charge in [-0.05, 0) is 12.1 Å². The lowest BCUT2D eigenvalue weighted by molar-refractivity contribution is 0.410. The lowest BCUT2D eigenvalue weighted by Crippen LogP contribution is -2.04. The molecule has 4 aromatic rings. The minimum atomic E-state index is 0.373. The summed E-state index contributed by atoms with van der Waals surface area (Å²) < 4.78 is 7.01. The Morgan fingerprint density at radius 2 is 2.04 bits per heavy atom. The van der Waals surface area contributed by atoms with Crippen LogP contribution in [0.15, 0.2) is 55.1 Å². The molecule has 4 rings (SSSR count). The molecule has 0 radical (unpaired) electrons. The Morgan fingerprint density at radius 3 is 2.92 bits per heavy atom. The number of hydrogen-bond acceptors (Lipinski definition) is 7. The van der Waals surface area contributed by atoms with E-state index in [-0.39, 0.29) is 0 Å². The number of fused-ring (bicyclic) bond motifs is 1. The molecular weight excluding hydrogens is 330 g/mol. The van der Waals surface area contributed by atoms with Gasteiger partial charge in [-0.2, -0.15) is 0 Å². The molecule has 0 fully saturated rings. The first-order valence-electron chi connectivity index (χ1n) is 8.03. The third-order valence-electron chi connectivity index (χ3n) is 4.00. The zero-order valence-corrected chi connectivity index (χ0v) is 14.1. The monoisotopic (exact) mass is 347 g/mol. The van der Waals surface area contributed by atoms with Gasteiger partial charge >= 0.3 is 0 Å². The molecule has 0 saturated carbocycles. The zero-order chi connectivity index (χ0) is 17.9. The van der Waals surface area contributed by atoms with E-state index in [2.05, 4.69) is 25.4 Å². The highest BCUT2D eigenvalue weighted by Crippen LogP contribution is 2.28. The van der Waals surface area contributed by atoms with E-state index in [4.69, 9.17) is 10.5 Å². The van der Waals surface area contributed by atoms with Crippen molar-refractivity contribution in [2.45, 2.75) is 6.54 Å². The molecule has 0 saturated heterocycles. The van der Waals surface area contributed by atoms with Gasteiger partial charge in [0.05, 0.1) is 18.4 Å². The van der Waals surface area contributed by atoms with Crippen LogP contribution in [0.2, 0.25) is 0 Å². The van der Waals surface area contributed by atoms with Gasteiger partial charge in [0.25, 0.3) is 0 Å². The van der Waals surface area contributed by atoms with Crippen molar-refractivity contribution in [2.75, 3.05) is 18.2 Å². The normalized spacial score (nSPS) is 10.8. The topological polar surface area (TPSA) is 103 Å². The smallest absolute Gasteiger partial charge is 0.166 e. The van der Waals surface area contributed by atoms with Crippen LogP contribution in [0, 0.1) is 0 Å². The molecule has 0 spiro atoms. The lowest BCUT2D eigenvalue weighted by atomic mass is 10.2. The van der Waals surface area contributed by atoms with E-state index >= 15 is 0 Å². The molecule has 1 aromatic carbocycles. The van der Waals surface area contributed by atoms with Gasteiger partial charge in [-0.1, -0.05) is 18.2 Å². The molecule has 130 valence electrons. The molecule has 0 unspecified atom stereocenters. The predicted molar refractivity (Wildman–Crippen MR) is 98.7 cm³/mol. The molecule has 26 heavy (non-hydrogen) atoms. The largest absolute Gasteiger partial charge is 0.496 e. The van der Waals surface area contributed by atoms with Crippen molar-refractivity contribution in [3.63, 3.8) is 0 Å². The van der Waals surface area contributed by atoms with Gasteiger partial charge in [0, 0.05) is 30.6 Å². The number of anilines is 2. The number of ether oxygens (including phenoxy) is 1. The van der Waals surface area contributed by atoms with Crippen LogP contribution in [-0.2, 0) is 6.54 Å². The van der Waals surface area contributed by atoms with Crippen LogP contribution in [0.3, 0.4) is 0 Å². The fourth-order valence-corrected chi connectivity index (χ4v) is 2.78. The van der Waals surface area contributed by atoms with Gasteiger partial charge in [-0.3, -0.25) is 0 Å². The Labute approximate surface area is 149 Å². The van der Waals surface area contributed by atoms with Crippen LogP contribution in [0.5, 0.6) is 5.75 Å². The SMILES string of the molecule is COc1ccccc1CNc1cc(-c2c(N)nn3cccnc23)ncn1. The molecule has 8 nitrogen and oxygen atoms in total. The number of benzene rings is 1. The summed E-state index contributed by atoms with van der Waals surface area (Å²) in [5.74, 6) is 1.87. The summed E-state index contributed by atoms with van der Waals surface area (Å²) in [7, 11) is 1.66. The van der Waals surface area contributed by atoms with Gasteiger partial charge in [0.1, 0.15) is 17.9 Å². The predicted octanol–water partition coefficient (Wildman–Crippen LogP) is 2.39. The second-order valence-electron chi connectivity index (χ2n) is 5.60. The molecule has 0 atom stereocenters. The molecule has 0 aliphatic rings. The fraction of sp³-hybridized carbons (Fsp3) is 0.111. The molecule has 0 aliphatic heterocycles. The van der Waals surface area contributed by atoms with Gasteiger partial charge in [0.15, 0.2) is 11.5 Å². The highest BCUT2D eigenvalue weighted by Gasteiger charge is 2.15. The first-order valence-corrected chi connectivity index (χ1v) is 8.03. The van der Waals surface area contributed by atoms with Gasteiger partial charge in [0.2, 0.25) is 0 Å². The molecular formula is C18H17N7O. The summed E-state index contributed by atoms with van der Waals surface area (Å²) in [5, 5.41) is 7.56. The van der Waals surface area contributed by atoms with Crippen molar-refractivity contribution in [3.05, 3.63) is 60.7 Å². The van der Waals surface area contributed by atoms with E-state index in [9.17, 15) is 0 Å². The van der Waals surface area contributed by atoms with Crippen molar-refractivity contribution in [2.24, 2.45) is 0 Å². The summed E-state index contributed by atoms with van der Waals surface area (Å²) in [4.78, 5) is 13.0. The number of nitrogen functional groups attached to an aromatic ring is 1. The molecule has 0 bridgehead atoms. The number of methoxy groups -OCH3 is 1. The van der Waals surface area contributed by atoms with Gasteiger partial charge in [-0.15, -0.1) is 5.10 Å². The van der Waals surface area contributed by atoms with E-state index in [0.29, 0.717) is 35.1 Å². The summed E-state index contributed by atoms with van der Waals surface area (Å²) in [6, 6.07) is 11.5. The average molecular weight is 347 g/mol. The molecule has 0 amide bonds. The minimum Gasteiger partial charge on any atom is -0.496 e. The van der Waals surface area contributed by atoms with Crippen LogP contribution in [0.4, 0.5) is 11.6 Å². The van der Waals surface area contributed by atoms with E-state index in [0.717, 1.165) is 11.3 Å². The number of nitrogens with zero attached hydrogens (tertiary/aromatic N) is 5. The number of nitrogens with two attached hydrogens (primary N) is 1. The molecule has 3 N–H and O–H groups in total. The van der Waals surface area contributed by atoms with Crippen molar-refractivity contribution in [1.82, 2.24) is 24.6 Å². The Balaban J connectivity index is 1.64. The Morgan fingerprint density at radius 1 is 1.15 bits per heavy atom. The number of hydrogen-bond donors (Lipinski definition) is 2. The Kier molecular flexibility index (Phi) is 4.06. The first-order chi connectivity index (χ1) is 12.8. The maximum Gasteiger partial charge on any atom is 0.166 e. The van der Waals surface area contributed by atoms with Crippen molar-refractivity contribution >= 4 is 17.3 Å². The van der Waals surface area contributed by atoms with Crippen LogP contribution in [-0.4, -0.2) is 31.7 Å². The molecule has 0 aliphatic carbocycles. The van der Waals surface area contributed by atoms with E-state index in [1.165, 1.54) is 6.33 Å². The van der Waals surface area contributed by atoms with E-state index in [1.807, 2.05) is 30.3 Å². The van der Waals surface area contributed by atoms with E-state index in [1.54, 1.807) is 30.1 Å². The van der Waals surface area contributed by atoms with Gasteiger partial charge in [-0.25, -0.2) is 19.5 Å². The van der Waals surface area contributed by atoms with Crippen LogP contribution in [0.25, 0.3) is 16.9 Å².